The average molecular weight is 254 g/mol. The highest BCUT2D eigenvalue weighted by Crippen LogP contribution is 2.26. The number of aliphatic hydroxyl groups is 1. The normalized spacial score (nSPS) is 14.6. The quantitative estimate of drug-likeness (QED) is 0.826. The van der Waals surface area contributed by atoms with Gasteiger partial charge in [-0.3, -0.25) is 4.90 Å². The summed E-state index contributed by atoms with van der Waals surface area (Å²) in [6.07, 6.45) is 0. The highest BCUT2D eigenvalue weighted by atomic mass is 16.3. The summed E-state index contributed by atoms with van der Waals surface area (Å²) in [5.74, 6) is 0. The van der Waals surface area contributed by atoms with Crippen molar-refractivity contribution in [2.75, 3.05) is 5.73 Å². The Bertz CT molecular complexity index is 578. The largest absolute Gasteiger partial charge is 0.399 e. The molecule has 1 aliphatic heterocycles. The third-order valence-corrected chi connectivity index (χ3v) is 3.63. The third-order valence-electron chi connectivity index (χ3n) is 3.63. The summed E-state index contributed by atoms with van der Waals surface area (Å²) >= 11 is 0. The van der Waals surface area contributed by atoms with Crippen LogP contribution in [0.5, 0.6) is 0 Å². The van der Waals surface area contributed by atoms with Crippen molar-refractivity contribution >= 4 is 5.69 Å². The molecule has 0 unspecified atom stereocenters. The standard InChI is InChI=1S/C16H18N2O/c17-16-6-5-14-9-18(10-15(14)7-16)8-12-1-3-13(11-19)4-2-12/h1-7,19H,8-11,17H2. The first-order valence-electron chi connectivity index (χ1n) is 6.53. The van der Waals surface area contributed by atoms with Gasteiger partial charge in [-0.15, -0.1) is 0 Å². The lowest BCUT2D eigenvalue weighted by Crippen LogP contribution is -2.15. The first kappa shape index (κ1) is 12.2. The van der Waals surface area contributed by atoms with Crippen LogP contribution in [0.3, 0.4) is 0 Å². The Hall–Kier alpha value is -1.84. The summed E-state index contributed by atoms with van der Waals surface area (Å²) in [4.78, 5) is 2.40. The van der Waals surface area contributed by atoms with E-state index >= 15 is 0 Å². The minimum absolute atomic E-state index is 0.106. The molecule has 98 valence electrons. The van der Waals surface area contributed by atoms with E-state index < -0.39 is 0 Å². The molecule has 0 bridgehead atoms. The van der Waals surface area contributed by atoms with Gasteiger partial charge in [-0.05, 0) is 34.4 Å². The minimum atomic E-state index is 0.106. The molecule has 0 atom stereocenters. The number of hydrogen-bond donors (Lipinski definition) is 2. The summed E-state index contributed by atoms with van der Waals surface area (Å²) in [7, 11) is 0. The van der Waals surface area contributed by atoms with Crippen LogP contribution in [0.4, 0.5) is 5.69 Å². The molecule has 1 aliphatic rings. The van der Waals surface area contributed by atoms with Crippen molar-refractivity contribution in [3.05, 3.63) is 64.7 Å². The van der Waals surface area contributed by atoms with Crippen molar-refractivity contribution in [1.29, 1.82) is 0 Å². The first-order chi connectivity index (χ1) is 9.24. The lowest BCUT2D eigenvalue weighted by molar-refractivity contribution is 0.274. The Balaban J connectivity index is 1.69. The van der Waals surface area contributed by atoms with Crippen molar-refractivity contribution in [3.63, 3.8) is 0 Å². The maximum absolute atomic E-state index is 9.03. The van der Waals surface area contributed by atoms with Gasteiger partial charge in [0.2, 0.25) is 0 Å². The van der Waals surface area contributed by atoms with Crippen LogP contribution in [0.25, 0.3) is 0 Å². The molecule has 3 heteroatoms. The molecular weight excluding hydrogens is 236 g/mol. The van der Waals surface area contributed by atoms with Crippen LogP contribution in [0, 0.1) is 0 Å². The molecule has 0 amide bonds. The second-order valence-electron chi connectivity index (χ2n) is 5.15. The zero-order valence-electron chi connectivity index (χ0n) is 10.8. The second kappa shape index (κ2) is 5.03. The van der Waals surface area contributed by atoms with Crippen molar-refractivity contribution in [3.8, 4) is 0 Å². The number of nitrogens with zero attached hydrogens (tertiary/aromatic N) is 1. The van der Waals surface area contributed by atoms with Crippen LogP contribution in [-0.4, -0.2) is 10.0 Å². The maximum atomic E-state index is 9.03. The fourth-order valence-electron chi connectivity index (χ4n) is 2.61. The Morgan fingerprint density at radius 1 is 0.947 bits per heavy atom. The van der Waals surface area contributed by atoms with Crippen LogP contribution in [0.1, 0.15) is 22.3 Å². The molecule has 19 heavy (non-hydrogen) atoms. The topological polar surface area (TPSA) is 49.5 Å². The van der Waals surface area contributed by atoms with E-state index in [-0.39, 0.29) is 6.61 Å². The van der Waals surface area contributed by atoms with Gasteiger partial charge in [0.25, 0.3) is 0 Å². The lowest BCUT2D eigenvalue weighted by Gasteiger charge is -2.14. The van der Waals surface area contributed by atoms with E-state index in [0.29, 0.717) is 0 Å². The maximum Gasteiger partial charge on any atom is 0.0681 e. The monoisotopic (exact) mass is 254 g/mol. The predicted octanol–water partition coefficient (Wildman–Crippen LogP) is 2.28. The fourth-order valence-corrected chi connectivity index (χ4v) is 2.61. The van der Waals surface area contributed by atoms with Gasteiger partial charge < -0.3 is 10.8 Å². The molecule has 3 N–H and O–H groups in total. The van der Waals surface area contributed by atoms with Gasteiger partial charge in [0, 0.05) is 25.3 Å². The van der Waals surface area contributed by atoms with E-state index in [1.165, 1.54) is 16.7 Å². The van der Waals surface area contributed by atoms with Crippen LogP contribution in [0.2, 0.25) is 0 Å². The Kier molecular flexibility index (Phi) is 3.23. The molecule has 0 aromatic heterocycles. The van der Waals surface area contributed by atoms with E-state index in [4.69, 9.17) is 10.8 Å². The molecule has 0 fully saturated rings. The fraction of sp³-hybridized carbons (Fsp3) is 0.250. The highest BCUT2D eigenvalue weighted by molar-refractivity contribution is 5.46. The average Bonchev–Trinajstić information content (AvgIpc) is 2.81. The number of hydrogen-bond acceptors (Lipinski definition) is 3. The van der Waals surface area contributed by atoms with E-state index in [0.717, 1.165) is 30.9 Å². The van der Waals surface area contributed by atoms with E-state index in [2.05, 4.69) is 29.2 Å². The number of rotatable bonds is 3. The zero-order valence-corrected chi connectivity index (χ0v) is 10.8. The van der Waals surface area contributed by atoms with E-state index in [1.807, 2.05) is 18.2 Å². The summed E-state index contributed by atoms with van der Waals surface area (Å²) in [5.41, 5.74) is 11.6. The molecule has 3 nitrogen and oxygen atoms in total. The van der Waals surface area contributed by atoms with Crippen LogP contribution in [-0.2, 0) is 26.2 Å². The molecule has 2 aromatic carbocycles. The zero-order chi connectivity index (χ0) is 13.2. The molecule has 1 heterocycles. The minimum Gasteiger partial charge on any atom is -0.399 e. The van der Waals surface area contributed by atoms with Gasteiger partial charge in [-0.25, -0.2) is 0 Å². The van der Waals surface area contributed by atoms with E-state index in [1.54, 1.807) is 0 Å². The number of fused-ring (bicyclic) bond motifs is 1. The molecular formula is C16H18N2O. The predicted molar refractivity (Wildman–Crippen MR) is 76.2 cm³/mol. The van der Waals surface area contributed by atoms with E-state index in [9.17, 15) is 0 Å². The molecule has 0 saturated carbocycles. The van der Waals surface area contributed by atoms with Gasteiger partial charge >= 0.3 is 0 Å². The van der Waals surface area contributed by atoms with Crippen LogP contribution in [0.15, 0.2) is 42.5 Å². The second-order valence-corrected chi connectivity index (χ2v) is 5.15. The number of anilines is 1. The lowest BCUT2D eigenvalue weighted by atomic mass is 10.1. The van der Waals surface area contributed by atoms with Crippen molar-refractivity contribution in [2.45, 2.75) is 26.2 Å². The molecule has 2 aromatic rings. The van der Waals surface area contributed by atoms with Gasteiger partial charge in [0.05, 0.1) is 6.61 Å². The van der Waals surface area contributed by atoms with Crippen molar-refractivity contribution in [1.82, 2.24) is 4.90 Å². The van der Waals surface area contributed by atoms with Gasteiger partial charge in [-0.2, -0.15) is 0 Å². The van der Waals surface area contributed by atoms with Gasteiger partial charge in [0.1, 0.15) is 0 Å². The first-order valence-corrected chi connectivity index (χ1v) is 6.53. The molecule has 3 rings (SSSR count). The Morgan fingerprint density at radius 3 is 2.37 bits per heavy atom. The third kappa shape index (κ3) is 2.62. The molecule has 0 aliphatic carbocycles. The number of nitrogen functional groups attached to an aromatic ring is 1. The molecule has 0 radical (unpaired) electrons. The summed E-state index contributed by atoms with van der Waals surface area (Å²) in [6.45, 7) is 2.98. The van der Waals surface area contributed by atoms with Crippen molar-refractivity contribution < 1.29 is 5.11 Å². The van der Waals surface area contributed by atoms with Gasteiger partial charge in [-0.1, -0.05) is 30.3 Å². The van der Waals surface area contributed by atoms with Crippen LogP contribution >= 0.6 is 0 Å². The van der Waals surface area contributed by atoms with Crippen LogP contribution < -0.4 is 5.73 Å². The number of aliphatic hydroxyl groups excluding tert-OH is 1. The summed E-state index contributed by atoms with van der Waals surface area (Å²) in [5, 5.41) is 9.03. The molecule has 0 saturated heterocycles. The van der Waals surface area contributed by atoms with Crippen molar-refractivity contribution in [2.24, 2.45) is 0 Å². The SMILES string of the molecule is Nc1ccc2c(c1)CN(Cc1ccc(CO)cc1)C2. The Labute approximate surface area is 113 Å². The highest BCUT2D eigenvalue weighted by Gasteiger charge is 2.18. The number of benzene rings is 2. The Morgan fingerprint density at radius 2 is 1.63 bits per heavy atom. The molecule has 0 spiro atoms. The summed E-state index contributed by atoms with van der Waals surface area (Å²) in [6, 6.07) is 14.3. The summed E-state index contributed by atoms with van der Waals surface area (Å²) < 4.78 is 0. The smallest absolute Gasteiger partial charge is 0.0681 e. The van der Waals surface area contributed by atoms with Gasteiger partial charge in [0.15, 0.2) is 0 Å². The number of nitrogens with two attached hydrogens (primary N) is 1.